The highest BCUT2D eigenvalue weighted by Gasteiger charge is 2.29. The van der Waals surface area contributed by atoms with Gasteiger partial charge in [0.1, 0.15) is 6.10 Å². The summed E-state index contributed by atoms with van der Waals surface area (Å²) >= 11 is 0. The lowest BCUT2D eigenvalue weighted by Gasteiger charge is -2.32. The summed E-state index contributed by atoms with van der Waals surface area (Å²) in [7, 11) is 5.23. The zero-order valence-corrected chi connectivity index (χ0v) is 16.7. The number of aromatic nitrogens is 3. The molecular formula is C21H23N5O3. The van der Waals surface area contributed by atoms with E-state index in [9.17, 15) is 9.59 Å². The molecule has 3 heterocycles. The number of morpholine rings is 1. The summed E-state index contributed by atoms with van der Waals surface area (Å²) in [5.74, 6) is -0.180. The van der Waals surface area contributed by atoms with Crippen molar-refractivity contribution in [2.45, 2.75) is 6.10 Å². The first-order chi connectivity index (χ1) is 13.9. The number of carbonyl (C=O) groups excluding carboxylic acids is 2. The van der Waals surface area contributed by atoms with E-state index in [1.54, 1.807) is 54.1 Å². The number of pyridine rings is 1. The lowest BCUT2D eigenvalue weighted by Crippen LogP contribution is -2.42. The molecule has 1 fully saturated rings. The van der Waals surface area contributed by atoms with Crippen LogP contribution in [0.4, 0.5) is 0 Å². The maximum absolute atomic E-state index is 12.8. The standard InChI is InChI=1S/C21H23N5O3/c1-24(2)21(28)16-10-18(23-17-7-5-4-6-15(16)17)19-13-26(8-9-29-19)20(27)14-11-22-25(3)12-14/h4-7,10-12,19H,8-9,13H2,1-3H3. The van der Waals surface area contributed by atoms with Crippen LogP contribution in [-0.4, -0.2) is 70.2 Å². The van der Waals surface area contributed by atoms with E-state index in [2.05, 4.69) is 5.10 Å². The number of rotatable bonds is 3. The number of hydrogen-bond acceptors (Lipinski definition) is 5. The van der Waals surface area contributed by atoms with Gasteiger partial charge in [-0.2, -0.15) is 5.10 Å². The number of ether oxygens (including phenoxy) is 1. The van der Waals surface area contributed by atoms with Crippen LogP contribution in [0.2, 0.25) is 0 Å². The Balaban J connectivity index is 1.67. The SMILES string of the molecule is CN(C)C(=O)c1cc(C2CN(C(=O)c3cnn(C)c3)CCO2)nc2ccccc12. The molecular weight excluding hydrogens is 370 g/mol. The van der Waals surface area contributed by atoms with E-state index in [-0.39, 0.29) is 11.8 Å². The normalized spacial score (nSPS) is 16.8. The van der Waals surface area contributed by atoms with Gasteiger partial charge in [0.15, 0.2) is 0 Å². The predicted molar refractivity (Wildman–Crippen MR) is 108 cm³/mol. The predicted octanol–water partition coefficient (Wildman–Crippen LogP) is 1.88. The Morgan fingerprint density at radius 1 is 1.24 bits per heavy atom. The Morgan fingerprint density at radius 2 is 2.03 bits per heavy atom. The van der Waals surface area contributed by atoms with Crippen LogP contribution in [0.5, 0.6) is 0 Å². The first-order valence-electron chi connectivity index (χ1n) is 9.45. The van der Waals surface area contributed by atoms with Crippen LogP contribution in [0.3, 0.4) is 0 Å². The fourth-order valence-corrected chi connectivity index (χ4v) is 3.51. The summed E-state index contributed by atoms with van der Waals surface area (Å²) < 4.78 is 7.53. The molecule has 0 bridgehead atoms. The largest absolute Gasteiger partial charge is 0.368 e. The lowest BCUT2D eigenvalue weighted by molar-refractivity contribution is -0.0246. The molecule has 1 aliphatic rings. The van der Waals surface area contributed by atoms with Crippen molar-refractivity contribution in [2.75, 3.05) is 33.8 Å². The van der Waals surface area contributed by atoms with Crippen LogP contribution >= 0.6 is 0 Å². The second kappa shape index (κ2) is 7.63. The molecule has 1 aromatic carbocycles. The summed E-state index contributed by atoms with van der Waals surface area (Å²) in [6, 6.07) is 9.34. The zero-order valence-electron chi connectivity index (χ0n) is 16.7. The van der Waals surface area contributed by atoms with Gasteiger partial charge in [-0.05, 0) is 12.1 Å². The molecule has 8 heteroatoms. The number of carbonyl (C=O) groups is 2. The van der Waals surface area contributed by atoms with Crippen LogP contribution in [0.15, 0.2) is 42.7 Å². The molecule has 0 spiro atoms. The number of nitrogens with zero attached hydrogens (tertiary/aromatic N) is 5. The molecule has 0 radical (unpaired) electrons. The molecule has 150 valence electrons. The van der Waals surface area contributed by atoms with E-state index in [1.165, 1.54) is 0 Å². The molecule has 0 aliphatic carbocycles. The Kier molecular flexibility index (Phi) is 5.02. The van der Waals surface area contributed by atoms with Crippen LogP contribution in [0, 0.1) is 0 Å². The summed E-state index contributed by atoms with van der Waals surface area (Å²) in [5, 5.41) is 4.87. The Hall–Kier alpha value is -3.26. The van der Waals surface area contributed by atoms with Crippen molar-refractivity contribution in [1.29, 1.82) is 0 Å². The van der Waals surface area contributed by atoms with E-state index in [1.807, 2.05) is 24.3 Å². The number of aryl methyl sites for hydroxylation is 1. The number of fused-ring (bicyclic) bond motifs is 1. The molecule has 1 atom stereocenters. The van der Waals surface area contributed by atoms with Crippen LogP contribution < -0.4 is 0 Å². The Bertz CT molecular complexity index is 1080. The third kappa shape index (κ3) is 3.71. The van der Waals surface area contributed by atoms with Crippen molar-refractivity contribution in [3.8, 4) is 0 Å². The number of hydrogen-bond donors (Lipinski definition) is 0. The van der Waals surface area contributed by atoms with Crippen LogP contribution in [-0.2, 0) is 11.8 Å². The maximum Gasteiger partial charge on any atom is 0.257 e. The van der Waals surface area contributed by atoms with Crippen LogP contribution in [0.1, 0.15) is 32.5 Å². The van der Waals surface area contributed by atoms with Gasteiger partial charge >= 0.3 is 0 Å². The van der Waals surface area contributed by atoms with Crippen molar-refractivity contribution in [3.63, 3.8) is 0 Å². The molecule has 2 aromatic heterocycles. The number of para-hydroxylation sites is 1. The first-order valence-corrected chi connectivity index (χ1v) is 9.45. The fraction of sp³-hybridized carbons (Fsp3) is 0.333. The van der Waals surface area contributed by atoms with Gasteiger partial charge < -0.3 is 14.5 Å². The molecule has 0 saturated carbocycles. The van der Waals surface area contributed by atoms with Crippen molar-refractivity contribution in [1.82, 2.24) is 24.6 Å². The van der Waals surface area contributed by atoms with Gasteiger partial charge in [-0.25, -0.2) is 4.98 Å². The summed E-state index contributed by atoms with van der Waals surface area (Å²) in [5.41, 5.74) is 2.50. The highest BCUT2D eigenvalue weighted by Crippen LogP contribution is 2.27. The Morgan fingerprint density at radius 3 is 2.76 bits per heavy atom. The third-order valence-electron chi connectivity index (χ3n) is 5.01. The minimum Gasteiger partial charge on any atom is -0.368 e. The molecule has 0 N–H and O–H groups in total. The van der Waals surface area contributed by atoms with E-state index in [4.69, 9.17) is 9.72 Å². The smallest absolute Gasteiger partial charge is 0.257 e. The van der Waals surface area contributed by atoms with Gasteiger partial charge in [0, 0.05) is 39.3 Å². The lowest BCUT2D eigenvalue weighted by atomic mass is 10.0. The van der Waals surface area contributed by atoms with Gasteiger partial charge in [-0.3, -0.25) is 14.3 Å². The molecule has 29 heavy (non-hydrogen) atoms. The van der Waals surface area contributed by atoms with Gasteiger partial charge in [0.2, 0.25) is 0 Å². The van der Waals surface area contributed by atoms with Gasteiger partial charge in [0.05, 0.1) is 41.7 Å². The minimum absolute atomic E-state index is 0.0863. The van der Waals surface area contributed by atoms with Gasteiger partial charge in [-0.15, -0.1) is 0 Å². The quantitative estimate of drug-likeness (QED) is 0.679. The Labute approximate surface area is 168 Å². The van der Waals surface area contributed by atoms with Crippen molar-refractivity contribution in [2.24, 2.45) is 7.05 Å². The molecule has 1 aliphatic heterocycles. The average Bonchev–Trinajstić information content (AvgIpc) is 3.18. The summed E-state index contributed by atoms with van der Waals surface area (Å²) in [6.07, 6.45) is 2.87. The van der Waals surface area contributed by atoms with Gasteiger partial charge in [0.25, 0.3) is 11.8 Å². The van der Waals surface area contributed by atoms with E-state index < -0.39 is 6.10 Å². The monoisotopic (exact) mass is 393 g/mol. The third-order valence-corrected chi connectivity index (χ3v) is 5.01. The highest BCUT2D eigenvalue weighted by molar-refractivity contribution is 6.06. The molecule has 1 unspecified atom stereocenters. The second-order valence-electron chi connectivity index (χ2n) is 7.32. The van der Waals surface area contributed by atoms with E-state index >= 15 is 0 Å². The number of amides is 2. The second-order valence-corrected chi connectivity index (χ2v) is 7.32. The van der Waals surface area contributed by atoms with Crippen molar-refractivity contribution >= 4 is 22.7 Å². The molecule has 3 aromatic rings. The van der Waals surface area contributed by atoms with E-state index in [0.717, 1.165) is 10.9 Å². The molecule has 4 rings (SSSR count). The molecule has 8 nitrogen and oxygen atoms in total. The van der Waals surface area contributed by atoms with E-state index in [0.29, 0.717) is 36.5 Å². The highest BCUT2D eigenvalue weighted by atomic mass is 16.5. The van der Waals surface area contributed by atoms with Crippen molar-refractivity contribution < 1.29 is 14.3 Å². The van der Waals surface area contributed by atoms with Gasteiger partial charge in [-0.1, -0.05) is 18.2 Å². The topological polar surface area (TPSA) is 80.6 Å². The molecule has 2 amide bonds. The number of benzene rings is 1. The van der Waals surface area contributed by atoms with Crippen molar-refractivity contribution in [3.05, 3.63) is 59.5 Å². The first kappa shape index (κ1) is 19.1. The fourth-order valence-electron chi connectivity index (χ4n) is 3.51. The van der Waals surface area contributed by atoms with Crippen LogP contribution in [0.25, 0.3) is 10.9 Å². The summed E-state index contributed by atoms with van der Waals surface area (Å²) in [6.45, 7) is 1.28. The minimum atomic E-state index is -0.400. The molecule has 1 saturated heterocycles. The average molecular weight is 393 g/mol. The maximum atomic E-state index is 12.8. The summed E-state index contributed by atoms with van der Waals surface area (Å²) in [4.78, 5) is 33.6. The zero-order chi connectivity index (χ0) is 20.5.